The van der Waals surface area contributed by atoms with E-state index >= 15 is 0 Å². The van der Waals surface area contributed by atoms with Gasteiger partial charge in [0.1, 0.15) is 0 Å². The monoisotopic (exact) mass is 350 g/mol. The first-order valence-electron chi connectivity index (χ1n) is 8.82. The Hall–Kier alpha value is -2.47. The molecule has 4 rings (SSSR count). The number of aliphatic hydroxyl groups is 1. The first-order chi connectivity index (χ1) is 12.7. The predicted octanol–water partition coefficient (Wildman–Crippen LogP) is 2.69. The molecule has 1 atom stereocenters. The molecular formula is C21H22N2O3. The number of nitrogens with zero attached hydrogens (tertiary/aromatic N) is 1. The summed E-state index contributed by atoms with van der Waals surface area (Å²) >= 11 is 0. The van der Waals surface area contributed by atoms with Crippen LogP contribution in [0.4, 0.5) is 0 Å². The van der Waals surface area contributed by atoms with Crippen molar-refractivity contribution in [2.24, 2.45) is 0 Å². The smallest absolute Gasteiger partial charge is 0.256 e. The van der Waals surface area contributed by atoms with Gasteiger partial charge in [0.05, 0.1) is 19.3 Å². The van der Waals surface area contributed by atoms with Gasteiger partial charge in [-0.2, -0.15) is 0 Å². The summed E-state index contributed by atoms with van der Waals surface area (Å²) in [6.45, 7) is 2.49. The van der Waals surface area contributed by atoms with E-state index in [0.717, 1.165) is 47.5 Å². The van der Waals surface area contributed by atoms with Crippen molar-refractivity contribution >= 4 is 10.8 Å². The molecular weight excluding hydrogens is 328 g/mol. The van der Waals surface area contributed by atoms with Crippen LogP contribution in [0.1, 0.15) is 17.2 Å². The average Bonchev–Trinajstić information content (AvgIpc) is 2.67. The Balaban J connectivity index is 1.70. The lowest BCUT2D eigenvalue weighted by molar-refractivity contribution is -0.0208. The molecule has 1 aromatic heterocycles. The Labute approximate surface area is 151 Å². The van der Waals surface area contributed by atoms with Gasteiger partial charge in [0, 0.05) is 24.2 Å². The molecule has 0 spiro atoms. The summed E-state index contributed by atoms with van der Waals surface area (Å²) in [6, 6.07) is 15.5. The van der Waals surface area contributed by atoms with Gasteiger partial charge in [-0.3, -0.25) is 4.79 Å². The number of rotatable bonds is 3. The van der Waals surface area contributed by atoms with Gasteiger partial charge < -0.3 is 19.7 Å². The number of aromatic amines is 1. The minimum Gasteiger partial charge on any atom is -0.392 e. The van der Waals surface area contributed by atoms with Crippen LogP contribution in [0.5, 0.6) is 0 Å². The summed E-state index contributed by atoms with van der Waals surface area (Å²) in [6.07, 6.45) is 0.0828. The number of benzene rings is 2. The Morgan fingerprint density at radius 3 is 2.73 bits per heavy atom. The van der Waals surface area contributed by atoms with E-state index in [4.69, 9.17) is 4.74 Å². The summed E-state index contributed by atoms with van der Waals surface area (Å²) in [7, 11) is 2.10. The van der Waals surface area contributed by atoms with E-state index in [1.165, 1.54) is 0 Å². The quantitative estimate of drug-likeness (QED) is 0.762. The molecule has 1 aliphatic rings. The normalized spacial score (nSPS) is 18.3. The number of hydrogen-bond donors (Lipinski definition) is 2. The lowest BCUT2D eigenvalue weighted by Crippen LogP contribution is -2.35. The molecule has 2 N–H and O–H groups in total. The number of aliphatic hydroxyl groups excluding tert-OH is 1. The number of ether oxygens (including phenoxy) is 1. The van der Waals surface area contributed by atoms with Crippen molar-refractivity contribution in [3.63, 3.8) is 0 Å². The fourth-order valence-electron chi connectivity index (χ4n) is 3.50. The summed E-state index contributed by atoms with van der Waals surface area (Å²) < 4.78 is 5.86. The van der Waals surface area contributed by atoms with Crippen molar-refractivity contribution in [2.45, 2.75) is 12.7 Å². The summed E-state index contributed by atoms with van der Waals surface area (Å²) in [5.41, 5.74) is 3.43. The minimum atomic E-state index is -0.144. The third kappa shape index (κ3) is 3.17. The van der Waals surface area contributed by atoms with Gasteiger partial charge in [0.2, 0.25) is 0 Å². The zero-order valence-electron chi connectivity index (χ0n) is 14.7. The zero-order valence-corrected chi connectivity index (χ0v) is 14.7. The van der Waals surface area contributed by atoms with Crippen LogP contribution in [0.3, 0.4) is 0 Å². The largest absolute Gasteiger partial charge is 0.392 e. The average molecular weight is 350 g/mol. The number of pyridine rings is 1. The molecule has 1 saturated heterocycles. The molecule has 26 heavy (non-hydrogen) atoms. The molecule has 5 heteroatoms. The first kappa shape index (κ1) is 17.0. The Kier molecular flexibility index (Phi) is 4.59. The van der Waals surface area contributed by atoms with E-state index in [1.807, 2.05) is 24.3 Å². The summed E-state index contributed by atoms with van der Waals surface area (Å²) in [5, 5.41) is 10.9. The highest BCUT2D eigenvalue weighted by Gasteiger charge is 2.19. The first-order valence-corrected chi connectivity index (χ1v) is 8.82. The second-order valence-corrected chi connectivity index (χ2v) is 6.79. The van der Waals surface area contributed by atoms with Crippen LogP contribution >= 0.6 is 0 Å². The second-order valence-electron chi connectivity index (χ2n) is 6.79. The number of fused-ring (bicyclic) bond motifs is 1. The standard InChI is InChI=1S/C21H22N2O3/c1-23-9-10-26-20(12-23)15-7-5-14(6-8-15)19-11-18-16(13-24)3-2-4-17(18)21(25)22-19/h2-8,11,20,24H,9-10,12-13H2,1H3,(H,22,25). The van der Waals surface area contributed by atoms with Crippen molar-refractivity contribution in [1.29, 1.82) is 0 Å². The molecule has 0 aliphatic carbocycles. The highest BCUT2D eigenvalue weighted by atomic mass is 16.5. The van der Waals surface area contributed by atoms with Gasteiger partial charge in [-0.05, 0) is 41.3 Å². The molecule has 0 radical (unpaired) electrons. The number of H-pyrrole nitrogens is 1. The lowest BCUT2D eigenvalue weighted by Gasteiger charge is -2.30. The van der Waals surface area contributed by atoms with Crippen molar-refractivity contribution in [2.75, 3.05) is 26.7 Å². The van der Waals surface area contributed by atoms with Crippen LogP contribution in [0.15, 0.2) is 53.3 Å². The Morgan fingerprint density at radius 1 is 1.19 bits per heavy atom. The van der Waals surface area contributed by atoms with E-state index < -0.39 is 0 Å². The molecule has 0 saturated carbocycles. The Bertz CT molecular complexity index is 979. The highest BCUT2D eigenvalue weighted by Crippen LogP contribution is 2.26. The van der Waals surface area contributed by atoms with Gasteiger partial charge >= 0.3 is 0 Å². The molecule has 1 unspecified atom stereocenters. The van der Waals surface area contributed by atoms with Crippen LogP contribution in [0, 0.1) is 0 Å². The van der Waals surface area contributed by atoms with Crippen molar-refractivity contribution in [3.05, 3.63) is 70.0 Å². The van der Waals surface area contributed by atoms with Crippen LogP contribution < -0.4 is 5.56 Å². The van der Waals surface area contributed by atoms with Crippen molar-refractivity contribution in [1.82, 2.24) is 9.88 Å². The van der Waals surface area contributed by atoms with E-state index in [0.29, 0.717) is 5.39 Å². The molecule has 2 heterocycles. The molecule has 0 bridgehead atoms. The van der Waals surface area contributed by atoms with Crippen LogP contribution in [-0.2, 0) is 11.3 Å². The van der Waals surface area contributed by atoms with Gasteiger partial charge in [-0.15, -0.1) is 0 Å². The maximum absolute atomic E-state index is 12.4. The fraction of sp³-hybridized carbons (Fsp3) is 0.286. The molecule has 0 amide bonds. The minimum absolute atomic E-state index is 0.0828. The zero-order chi connectivity index (χ0) is 18.1. The van der Waals surface area contributed by atoms with E-state index in [-0.39, 0.29) is 18.3 Å². The molecule has 3 aromatic rings. The number of hydrogen-bond acceptors (Lipinski definition) is 4. The lowest BCUT2D eigenvalue weighted by atomic mass is 10.0. The molecule has 5 nitrogen and oxygen atoms in total. The third-order valence-corrected chi connectivity index (χ3v) is 5.01. The summed E-state index contributed by atoms with van der Waals surface area (Å²) in [5.74, 6) is 0. The van der Waals surface area contributed by atoms with Gasteiger partial charge in [0.25, 0.3) is 5.56 Å². The molecule has 134 valence electrons. The molecule has 1 fully saturated rings. The number of aromatic nitrogens is 1. The number of morpholine rings is 1. The van der Waals surface area contributed by atoms with Gasteiger partial charge in [-0.25, -0.2) is 0 Å². The molecule has 1 aliphatic heterocycles. The van der Waals surface area contributed by atoms with Gasteiger partial charge in [-0.1, -0.05) is 36.4 Å². The van der Waals surface area contributed by atoms with Crippen molar-refractivity contribution in [3.8, 4) is 11.3 Å². The predicted molar refractivity (Wildman–Crippen MR) is 102 cm³/mol. The number of likely N-dealkylation sites (N-methyl/N-ethyl adjacent to an activating group) is 1. The van der Waals surface area contributed by atoms with E-state index in [9.17, 15) is 9.90 Å². The SMILES string of the molecule is CN1CCOC(c2ccc(-c3cc4c(CO)cccc4c(=O)[nH]3)cc2)C1. The van der Waals surface area contributed by atoms with Crippen LogP contribution in [-0.4, -0.2) is 41.7 Å². The molecule has 2 aromatic carbocycles. The Morgan fingerprint density at radius 2 is 2.00 bits per heavy atom. The van der Waals surface area contributed by atoms with Gasteiger partial charge in [0.15, 0.2) is 0 Å². The van der Waals surface area contributed by atoms with Crippen LogP contribution in [0.2, 0.25) is 0 Å². The summed E-state index contributed by atoms with van der Waals surface area (Å²) in [4.78, 5) is 17.6. The topological polar surface area (TPSA) is 65.6 Å². The highest BCUT2D eigenvalue weighted by molar-refractivity contribution is 5.87. The fourth-order valence-corrected chi connectivity index (χ4v) is 3.50. The number of nitrogens with one attached hydrogen (secondary N) is 1. The van der Waals surface area contributed by atoms with Crippen molar-refractivity contribution < 1.29 is 9.84 Å². The maximum atomic E-state index is 12.4. The van der Waals surface area contributed by atoms with E-state index in [1.54, 1.807) is 12.1 Å². The maximum Gasteiger partial charge on any atom is 0.256 e. The van der Waals surface area contributed by atoms with Crippen LogP contribution in [0.25, 0.3) is 22.0 Å². The second kappa shape index (κ2) is 7.03. The third-order valence-electron chi connectivity index (χ3n) is 5.01. The van der Waals surface area contributed by atoms with E-state index in [2.05, 4.69) is 29.1 Å².